The molecule has 2 rings (SSSR count). The Bertz CT molecular complexity index is 724. The number of ether oxygens (including phenoxy) is 2. The molecule has 2 aromatic rings. The van der Waals surface area contributed by atoms with E-state index in [9.17, 15) is 4.79 Å². The molecule has 0 aromatic heterocycles. The third-order valence-electron chi connectivity index (χ3n) is 3.30. The highest BCUT2D eigenvalue weighted by Crippen LogP contribution is 2.27. The highest BCUT2D eigenvalue weighted by Gasteiger charge is 2.10. The molecule has 0 saturated heterocycles. The summed E-state index contributed by atoms with van der Waals surface area (Å²) in [5, 5.41) is 4.10. The largest absolute Gasteiger partial charge is 0.493 e. The molecule has 0 heterocycles. The van der Waals surface area contributed by atoms with Crippen LogP contribution in [0.25, 0.3) is 0 Å². The SMILES string of the molecule is COc1ccc(C(=O)NN=C(C)c2ccc(N)cc2)cc1OC. The summed E-state index contributed by atoms with van der Waals surface area (Å²) in [6.45, 7) is 1.81. The molecule has 0 aliphatic rings. The van der Waals surface area contributed by atoms with Crippen molar-refractivity contribution in [2.75, 3.05) is 20.0 Å². The lowest BCUT2D eigenvalue weighted by Crippen LogP contribution is -2.19. The zero-order valence-electron chi connectivity index (χ0n) is 13.3. The number of nitrogen functional groups attached to an aromatic ring is 1. The molecule has 1 amide bonds. The fourth-order valence-corrected chi connectivity index (χ4v) is 1.97. The number of nitrogens with zero attached hydrogens (tertiary/aromatic N) is 1. The van der Waals surface area contributed by atoms with Gasteiger partial charge in [-0.2, -0.15) is 5.10 Å². The van der Waals surface area contributed by atoms with Crippen LogP contribution in [0.15, 0.2) is 47.6 Å². The second-order valence-corrected chi connectivity index (χ2v) is 4.83. The fraction of sp³-hybridized carbons (Fsp3) is 0.176. The number of anilines is 1. The zero-order chi connectivity index (χ0) is 16.8. The van der Waals surface area contributed by atoms with Crippen molar-refractivity contribution in [1.82, 2.24) is 5.43 Å². The number of hydrogen-bond donors (Lipinski definition) is 2. The van der Waals surface area contributed by atoms with Crippen LogP contribution in [-0.2, 0) is 0 Å². The Kier molecular flexibility index (Phi) is 5.19. The predicted molar refractivity (Wildman–Crippen MR) is 90.1 cm³/mol. The van der Waals surface area contributed by atoms with E-state index in [1.165, 1.54) is 14.2 Å². The van der Waals surface area contributed by atoms with Crippen molar-refractivity contribution in [3.63, 3.8) is 0 Å². The van der Waals surface area contributed by atoms with Crippen molar-refractivity contribution >= 4 is 17.3 Å². The van der Waals surface area contributed by atoms with Gasteiger partial charge >= 0.3 is 0 Å². The second kappa shape index (κ2) is 7.31. The summed E-state index contributed by atoms with van der Waals surface area (Å²) in [5.74, 6) is 0.714. The molecular weight excluding hydrogens is 294 g/mol. The van der Waals surface area contributed by atoms with Crippen LogP contribution in [0.1, 0.15) is 22.8 Å². The Morgan fingerprint density at radius 3 is 2.22 bits per heavy atom. The predicted octanol–water partition coefficient (Wildman–Crippen LogP) is 2.44. The number of hydrogen-bond acceptors (Lipinski definition) is 5. The van der Waals surface area contributed by atoms with E-state index in [-0.39, 0.29) is 5.91 Å². The van der Waals surface area contributed by atoms with Gasteiger partial charge in [0.25, 0.3) is 5.91 Å². The molecule has 0 saturated carbocycles. The smallest absolute Gasteiger partial charge is 0.271 e. The van der Waals surface area contributed by atoms with Crippen molar-refractivity contribution in [2.24, 2.45) is 5.10 Å². The van der Waals surface area contributed by atoms with Gasteiger partial charge in [0.05, 0.1) is 19.9 Å². The third kappa shape index (κ3) is 4.00. The van der Waals surface area contributed by atoms with E-state index in [0.717, 1.165) is 5.56 Å². The Labute approximate surface area is 134 Å². The lowest BCUT2D eigenvalue weighted by Gasteiger charge is -2.09. The average Bonchev–Trinajstić information content (AvgIpc) is 2.59. The molecule has 0 atom stereocenters. The Morgan fingerprint density at radius 2 is 1.61 bits per heavy atom. The van der Waals surface area contributed by atoms with Crippen LogP contribution < -0.4 is 20.6 Å². The molecule has 0 radical (unpaired) electrons. The van der Waals surface area contributed by atoms with Crippen LogP contribution in [-0.4, -0.2) is 25.8 Å². The molecule has 23 heavy (non-hydrogen) atoms. The minimum atomic E-state index is -0.333. The number of carbonyl (C=O) groups is 1. The number of benzene rings is 2. The lowest BCUT2D eigenvalue weighted by atomic mass is 10.1. The van der Waals surface area contributed by atoms with Gasteiger partial charge in [0.1, 0.15) is 0 Å². The summed E-state index contributed by atoms with van der Waals surface area (Å²) >= 11 is 0. The molecule has 120 valence electrons. The van der Waals surface area contributed by atoms with Gasteiger partial charge in [-0.15, -0.1) is 0 Å². The molecule has 2 aromatic carbocycles. The van der Waals surface area contributed by atoms with Gasteiger partial charge in [-0.3, -0.25) is 4.79 Å². The topological polar surface area (TPSA) is 85.9 Å². The van der Waals surface area contributed by atoms with Gasteiger partial charge in [0.15, 0.2) is 11.5 Å². The van der Waals surface area contributed by atoms with E-state index >= 15 is 0 Å². The van der Waals surface area contributed by atoms with Crippen LogP contribution >= 0.6 is 0 Å². The summed E-state index contributed by atoms with van der Waals surface area (Å²) in [4.78, 5) is 12.2. The molecule has 6 nitrogen and oxygen atoms in total. The minimum Gasteiger partial charge on any atom is -0.493 e. The number of carbonyl (C=O) groups excluding carboxylic acids is 1. The minimum absolute atomic E-state index is 0.333. The number of nitrogens with two attached hydrogens (primary N) is 1. The number of nitrogens with one attached hydrogen (secondary N) is 1. The van der Waals surface area contributed by atoms with E-state index in [2.05, 4.69) is 10.5 Å². The van der Waals surface area contributed by atoms with Crippen molar-refractivity contribution in [2.45, 2.75) is 6.92 Å². The molecule has 0 fully saturated rings. The molecule has 6 heteroatoms. The van der Waals surface area contributed by atoms with Crippen LogP contribution in [0.3, 0.4) is 0 Å². The van der Waals surface area contributed by atoms with Gasteiger partial charge in [0, 0.05) is 11.3 Å². The summed E-state index contributed by atoms with van der Waals surface area (Å²) in [6, 6.07) is 12.2. The first-order valence-corrected chi connectivity index (χ1v) is 6.97. The van der Waals surface area contributed by atoms with E-state index < -0.39 is 0 Å². The number of amides is 1. The standard InChI is InChI=1S/C17H19N3O3/c1-11(12-4-7-14(18)8-5-12)19-20-17(21)13-6-9-15(22-2)16(10-13)23-3/h4-10H,18H2,1-3H3,(H,20,21). The molecular formula is C17H19N3O3. The Hall–Kier alpha value is -3.02. The first-order valence-electron chi connectivity index (χ1n) is 6.97. The maximum absolute atomic E-state index is 12.2. The van der Waals surface area contributed by atoms with E-state index in [4.69, 9.17) is 15.2 Å². The van der Waals surface area contributed by atoms with Gasteiger partial charge < -0.3 is 15.2 Å². The van der Waals surface area contributed by atoms with Gasteiger partial charge in [-0.1, -0.05) is 12.1 Å². The van der Waals surface area contributed by atoms with E-state index in [1.807, 2.05) is 12.1 Å². The molecule has 0 unspecified atom stereocenters. The van der Waals surface area contributed by atoms with Crippen molar-refractivity contribution in [1.29, 1.82) is 0 Å². The highest BCUT2D eigenvalue weighted by molar-refractivity contribution is 6.01. The average molecular weight is 313 g/mol. The highest BCUT2D eigenvalue weighted by atomic mass is 16.5. The second-order valence-electron chi connectivity index (χ2n) is 4.83. The lowest BCUT2D eigenvalue weighted by molar-refractivity contribution is 0.0954. The van der Waals surface area contributed by atoms with Crippen molar-refractivity contribution in [3.8, 4) is 11.5 Å². The van der Waals surface area contributed by atoms with Crippen molar-refractivity contribution in [3.05, 3.63) is 53.6 Å². The maximum atomic E-state index is 12.2. The molecule has 0 bridgehead atoms. The number of methoxy groups -OCH3 is 2. The van der Waals surface area contributed by atoms with E-state index in [0.29, 0.717) is 28.5 Å². The monoisotopic (exact) mass is 313 g/mol. The summed E-state index contributed by atoms with van der Waals surface area (Å²) in [5.41, 5.74) is 10.8. The maximum Gasteiger partial charge on any atom is 0.271 e. The van der Waals surface area contributed by atoms with Gasteiger partial charge in [-0.25, -0.2) is 5.43 Å². The Morgan fingerprint density at radius 1 is 1.00 bits per heavy atom. The first kappa shape index (κ1) is 16.4. The normalized spacial score (nSPS) is 11.0. The quantitative estimate of drug-likeness (QED) is 0.504. The van der Waals surface area contributed by atoms with Crippen LogP contribution in [0.5, 0.6) is 11.5 Å². The summed E-state index contributed by atoms with van der Waals surface area (Å²) in [6.07, 6.45) is 0. The number of hydrazone groups is 1. The first-order chi connectivity index (χ1) is 11.0. The van der Waals surface area contributed by atoms with Gasteiger partial charge in [-0.05, 0) is 42.8 Å². The number of rotatable bonds is 5. The van der Waals surface area contributed by atoms with Crippen LogP contribution in [0, 0.1) is 0 Å². The Balaban J connectivity index is 2.12. The van der Waals surface area contributed by atoms with E-state index in [1.54, 1.807) is 37.3 Å². The van der Waals surface area contributed by atoms with Crippen LogP contribution in [0.2, 0.25) is 0 Å². The molecule has 0 aliphatic heterocycles. The fourth-order valence-electron chi connectivity index (χ4n) is 1.97. The van der Waals surface area contributed by atoms with Crippen LogP contribution in [0.4, 0.5) is 5.69 Å². The molecule has 0 aliphatic carbocycles. The molecule has 3 N–H and O–H groups in total. The van der Waals surface area contributed by atoms with Crippen molar-refractivity contribution < 1.29 is 14.3 Å². The van der Waals surface area contributed by atoms with Gasteiger partial charge in [0.2, 0.25) is 0 Å². The summed E-state index contributed by atoms with van der Waals surface area (Å²) < 4.78 is 10.3. The third-order valence-corrected chi connectivity index (χ3v) is 3.30. The summed E-state index contributed by atoms with van der Waals surface area (Å²) in [7, 11) is 3.06. The zero-order valence-corrected chi connectivity index (χ0v) is 13.3. The molecule has 0 spiro atoms.